The number of aliphatic hydroxyl groups is 1. The smallest absolute Gasteiger partial charge is 0.314 e. The molecule has 1 aromatic carbocycles. The van der Waals surface area contributed by atoms with Crippen molar-refractivity contribution in [3.8, 4) is 0 Å². The molecule has 23 heavy (non-hydrogen) atoms. The highest BCUT2D eigenvalue weighted by Crippen LogP contribution is 2.19. The lowest BCUT2D eigenvalue weighted by molar-refractivity contribution is -0.0600. The first-order chi connectivity index (χ1) is 11.2. The summed E-state index contributed by atoms with van der Waals surface area (Å²) in [6, 6.07) is 7.86. The van der Waals surface area contributed by atoms with Crippen molar-refractivity contribution in [2.75, 3.05) is 26.3 Å². The Hall–Kier alpha value is -2.05. The van der Waals surface area contributed by atoms with Crippen molar-refractivity contribution in [3.63, 3.8) is 0 Å². The number of aromatic nitrogens is 1. The fourth-order valence-electron chi connectivity index (χ4n) is 2.88. The molecular formula is C17H23N3O3. The summed E-state index contributed by atoms with van der Waals surface area (Å²) in [5.74, 6) is 0. The average molecular weight is 317 g/mol. The molecule has 1 saturated heterocycles. The average Bonchev–Trinajstić information content (AvgIpc) is 2.97. The summed E-state index contributed by atoms with van der Waals surface area (Å²) >= 11 is 0. The van der Waals surface area contributed by atoms with Crippen LogP contribution in [0.3, 0.4) is 0 Å². The molecule has 0 radical (unpaired) electrons. The summed E-state index contributed by atoms with van der Waals surface area (Å²) in [4.78, 5) is 15.1. The van der Waals surface area contributed by atoms with E-state index in [9.17, 15) is 9.90 Å². The van der Waals surface area contributed by atoms with Crippen molar-refractivity contribution in [2.45, 2.75) is 24.9 Å². The summed E-state index contributed by atoms with van der Waals surface area (Å²) in [7, 11) is 0. The van der Waals surface area contributed by atoms with E-state index in [1.165, 1.54) is 10.9 Å². The van der Waals surface area contributed by atoms with Crippen molar-refractivity contribution in [1.82, 2.24) is 15.6 Å². The highest BCUT2D eigenvalue weighted by molar-refractivity contribution is 5.83. The topological polar surface area (TPSA) is 86.4 Å². The van der Waals surface area contributed by atoms with Gasteiger partial charge in [-0.25, -0.2) is 4.79 Å². The van der Waals surface area contributed by atoms with Crippen LogP contribution in [-0.2, 0) is 11.2 Å². The third kappa shape index (κ3) is 4.03. The number of hydrogen-bond donors (Lipinski definition) is 4. The van der Waals surface area contributed by atoms with E-state index in [2.05, 4.69) is 21.7 Å². The van der Waals surface area contributed by atoms with Crippen LogP contribution < -0.4 is 10.6 Å². The first-order valence-electron chi connectivity index (χ1n) is 8.03. The van der Waals surface area contributed by atoms with Crippen molar-refractivity contribution in [1.29, 1.82) is 0 Å². The molecule has 6 nitrogen and oxygen atoms in total. The molecule has 3 rings (SSSR count). The molecular weight excluding hydrogens is 294 g/mol. The lowest BCUT2D eigenvalue weighted by Crippen LogP contribution is -2.49. The molecule has 1 fully saturated rings. The van der Waals surface area contributed by atoms with Gasteiger partial charge < -0.3 is 25.5 Å². The lowest BCUT2D eigenvalue weighted by atomic mass is 9.94. The highest BCUT2D eigenvalue weighted by Gasteiger charge is 2.29. The Labute approximate surface area is 135 Å². The molecule has 0 spiro atoms. The van der Waals surface area contributed by atoms with Crippen LogP contribution in [0.15, 0.2) is 30.5 Å². The Kier molecular flexibility index (Phi) is 4.83. The molecule has 0 aliphatic carbocycles. The zero-order chi connectivity index (χ0) is 16.1. The summed E-state index contributed by atoms with van der Waals surface area (Å²) in [6.07, 6.45) is 3.86. The second-order valence-corrected chi connectivity index (χ2v) is 6.06. The maximum Gasteiger partial charge on any atom is 0.314 e. The van der Waals surface area contributed by atoms with Crippen LogP contribution in [0.4, 0.5) is 4.79 Å². The predicted octanol–water partition coefficient (Wildman–Crippen LogP) is 1.55. The number of urea groups is 1. The maximum absolute atomic E-state index is 11.8. The molecule has 1 aromatic heterocycles. The standard InChI is InChI=1S/C17H23N3O3/c21-16(20-12-17(22)6-9-23-10-7-17)18-8-5-13-11-19-15-4-2-1-3-14(13)15/h1-4,11,19,22H,5-10,12H2,(H2,18,20,21). The van der Waals surface area contributed by atoms with Gasteiger partial charge in [0.25, 0.3) is 0 Å². The Morgan fingerprint density at radius 1 is 1.26 bits per heavy atom. The number of carbonyl (C=O) groups excluding carboxylic acids is 1. The normalized spacial score (nSPS) is 17.1. The van der Waals surface area contributed by atoms with Gasteiger partial charge in [-0.2, -0.15) is 0 Å². The molecule has 2 aromatic rings. The summed E-state index contributed by atoms with van der Waals surface area (Å²) < 4.78 is 5.22. The molecule has 0 bridgehead atoms. The summed E-state index contributed by atoms with van der Waals surface area (Å²) in [6.45, 7) is 1.89. The largest absolute Gasteiger partial charge is 0.388 e. The van der Waals surface area contributed by atoms with Crippen LogP contribution in [0.25, 0.3) is 10.9 Å². The molecule has 0 saturated carbocycles. The van der Waals surface area contributed by atoms with Crippen molar-refractivity contribution < 1.29 is 14.6 Å². The fourth-order valence-corrected chi connectivity index (χ4v) is 2.88. The monoisotopic (exact) mass is 317 g/mol. The Bertz CT molecular complexity index is 662. The highest BCUT2D eigenvalue weighted by atomic mass is 16.5. The van der Waals surface area contributed by atoms with E-state index in [0.29, 0.717) is 32.6 Å². The van der Waals surface area contributed by atoms with Crippen LogP contribution in [-0.4, -0.2) is 48.0 Å². The quantitative estimate of drug-likeness (QED) is 0.675. The van der Waals surface area contributed by atoms with Crippen LogP contribution in [0.2, 0.25) is 0 Å². The number of ether oxygens (including phenoxy) is 1. The number of carbonyl (C=O) groups is 1. The molecule has 4 N–H and O–H groups in total. The van der Waals surface area contributed by atoms with Crippen molar-refractivity contribution >= 4 is 16.9 Å². The van der Waals surface area contributed by atoms with E-state index in [4.69, 9.17) is 4.74 Å². The van der Waals surface area contributed by atoms with Crippen LogP contribution in [0.5, 0.6) is 0 Å². The molecule has 1 aliphatic rings. The third-order valence-corrected chi connectivity index (χ3v) is 4.36. The van der Waals surface area contributed by atoms with Crippen LogP contribution in [0, 0.1) is 0 Å². The third-order valence-electron chi connectivity index (χ3n) is 4.36. The SMILES string of the molecule is O=C(NCCc1c[nH]c2ccccc12)NCC1(O)CCOCC1. The van der Waals surface area contributed by atoms with Crippen molar-refractivity contribution in [3.05, 3.63) is 36.0 Å². The number of para-hydroxylation sites is 1. The van der Waals surface area contributed by atoms with E-state index >= 15 is 0 Å². The number of H-pyrrole nitrogens is 1. The number of rotatable bonds is 5. The van der Waals surface area contributed by atoms with E-state index in [-0.39, 0.29) is 12.6 Å². The number of benzene rings is 1. The zero-order valence-corrected chi connectivity index (χ0v) is 13.1. The van der Waals surface area contributed by atoms with Crippen LogP contribution >= 0.6 is 0 Å². The van der Waals surface area contributed by atoms with E-state index in [1.807, 2.05) is 24.4 Å². The second kappa shape index (κ2) is 7.02. The molecule has 2 amide bonds. The van der Waals surface area contributed by atoms with Gasteiger partial charge in [0.2, 0.25) is 0 Å². The van der Waals surface area contributed by atoms with Gasteiger partial charge in [0.15, 0.2) is 0 Å². The molecule has 0 unspecified atom stereocenters. The fraction of sp³-hybridized carbons (Fsp3) is 0.471. The minimum atomic E-state index is -0.841. The summed E-state index contributed by atoms with van der Waals surface area (Å²) in [5.41, 5.74) is 1.45. The lowest BCUT2D eigenvalue weighted by Gasteiger charge is -2.32. The zero-order valence-electron chi connectivity index (χ0n) is 13.1. The molecule has 2 heterocycles. The van der Waals surface area contributed by atoms with Gasteiger partial charge >= 0.3 is 6.03 Å². The van der Waals surface area contributed by atoms with Gasteiger partial charge in [-0.15, -0.1) is 0 Å². The minimum absolute atomic E-state index is 0.246. The molecule has 0 atom stereocenters. The van der Waals surface area contributed by atoms with E-state index < -0.39 is 5.60 Å². The number of amides is 2. The van der Waals surface area contributed by atoms with Crippen molar-refractivity contribution in [2.24, 2.45) is 0 Å². The summed E-state index contributed by atoms with van der Waals surface area (Å²) in [5, 5.41) is 17.1. The van der Waals surface area contributed by atoms with Gasteiger partial charge in [0.05, 0.1) is 5.60 Å². The van der Waals surface area contributed by atoms with Gasteiger partial charge in [0, 0.05) is 56.2 Å². The number of nitrogens with one attached hydrogen (secondary N) is 3. The number of fused-ring (bicyclic) bond motifs is 1. The predicted molar refractivity (Wildman–Crippen MR) is 88.4 cm³/mol. The van der Waals surface area contributed by atoms with Gasteiger partial charge in [-0.05, 0) is 18.1 Å². The Morgan fingerprint density at radius 3 is 2.87 bits per heavy atom. The Morgan fingerprint density at radius 2 is 2.04 bits per heavy atom. The van der Waals surface area contributed by atoms with Gasteiger partial charge in [-0.1, -0.05) is 18.2 Å². The van der Waals surface area contributed by atoms with Gasteiger partial charge in [-0.3, -0.25) is 0 Å². The molecule has 1 aliphatic heterocycles. The minimum Gasteiger partial charge on any atom is -0.388 e. The maximum atomic E-state index is 11.8. The first kappa shape index (κ1) is 15.8. The number of aromatic amines is 1. The van der Waals surface area contributed by atoms with Crippen LogP contribution in [0.1, 0.15) is 18.4 Å². The molecule has 124 valence electrons. The van der Waals surface area contributed by atoms with E-state index in [0.717, 1.165) is 11.9 Å². The van der Waals surface area contributed by atoms with E-state index in [1.54, 1.807) is 0 Å². The number of hydrogen-bond acceptors (Lipinski definition) is 3. The second-order valence-electron chi connectivity index (χ2n) is 6.06. The Balaban J connectivity index is 1.42. The van der Waals surface area contributed by atoms with Gasteiger partial charge in [0.1, 0.15) is 0 Å². The molecule has 6 heteroatoms. The first-order valence-corrected chi connectivity index (χ1v) is 8.03.